The number of halogens is 1. The van der Waals surface area contributed by atoms with Gasteiger partial charge in [-0.05, 0) is 0 Å². The standard InChI is InChI=1S/IO4PS/c1-7(4,5)6(2)3. The Labute approximate surface area is 53.0 Å². The van der Waals surface area contributed by atoms with E-state index in [2.05, 4.69) is 0 Å². The van der Waals surface area contributed by atoms with Crippen LogP contribution in [0, 0.1) is 0 Å². The summed E-state index contributed by atoms with van der Waals surface area (Å²) in [6.07, 6.45) is 0. The van der Waals surface area contributed by atoms with Crippen molar-refractivity contribution in [2.45, 2.75) is 0 Å². The van der Waals surface area contributed by atoms with Gasteiger partial charge in [0, 0.05) is 0 Å². The average Bonchev–Trinajstić information content (AvgIpc) is 1.31. The molecular formula is IO4PS. The van der Waals surface area contributed by atoms with Gasteiger partial charge in [-0.3, -0.25) is 0 Å². The number of rotatable bonds is 1. The molecule has 0 aromatic heterocycles. The molecule has 7 heteroatoms. The SMILES string of the molecule is O=[P+]([O-])S(=O)(=O)I. The van der Waals surface area contributed by atoms with Crippen molar-refractivity contribution in [1.29, 1.82) is 0 Å². The van der Waals surface area contributed by atoms with Gasteiger partial charge < -0.3 is 4.89 Å². The molecule has 1 unspecified atom stereocenters. The van der Waals surface area contributed by atoms with Crippen LogP contribution in [-0.4, -0.2) is 8.42 Å². The molecule has 0 bridgehead atoms. The highest BCUT2D eigenvalue weighted by Gasteiger charge is 2.18. The van der Waals surface area contributed by atoms with Gasteiger partial charge in [-0.1, -0.05) is 4.57 Å². The third-order valence-electron chi connectivity index (χ3n) is 0.178. The van der Waals surface area contributed by atoms with Crippen LogP contribution in [0.1, 0.15) is 0 Å². The second-order valence-electron chi connectivity index (χ2n) is 0.636. The average molecular weight is 254 g/mol. The van der Waals surface area contributed by atoms with Gasteiger partial charge in [0.15, 0.2) is 0 Å². The minimum atomic E-state index is -3.82. The Morgan fingerprint density at radius 3 is 1.71 bits per heavy atom. The molecule has 0 saturated heterocycles. The van der Waals surface area contributed by atoms with Crippen molar-refractivity contribution in [2.75, 3.05) is 0 Å². The molecular weight excluding hydrogens is 254 g/mol. The summed E-state index contributed by atoms with van der Waals surface area (Å²) in [6.45, 7) is -3.82. The lowest BCUT2D eigenvalue weighted by atomic mass is 15.9. The maximum absolute atomic E-state index is 9.72. The van der Waals surface area contributed by atoms with Crippen LogP contribution in [0.25, 0.3) is 0 Å². The predicted molar refractivity (Wildman–Crippen MR) is 30.5 cm³/mol. The van der Waals surface area contributed by atoms with Crippen LogP contribution in [0.4, 0.5) is 0 Å². The van der Waals surface area contributed by atoms with Crippen LogP contribution in [0.3, 0.4) is 0 Å². The maximum Gasteiger partial charge on any atom is 0.451 e. The lowest BCUT2D eigenvalue weighted by molar-refractivity contribution is -0.158. The molecule has 7 heavy (non-hydrogen) atoms. The lowest BCUT2D eigenvalue weighted by Crippen LogP contribution is -1.91. The van der Waals surface area contributed by atoms with Crippen molar-refractivity contribution < 1.29 is 17.9 Å². The molecule has 0 radical (unpaired) electrons. The monoisotopic (exact) mass is 254 g/mol. The zero-order valence-electron chi connectivity index (χ0n) is 2.87. The normalized spacial score (nSPS) is 13.7. The molecule has 0 N–H and O–H groups in total. The van der Waals surface area contributed by atoms with Crippen LogP contribution >= 0.6 is 28.4 Å². The van der Waals surface area contributed by atoms with Gasteiger partial charge in [0.1, 0.15) is 21.2 Å². The van der Waals surface area contributed by atoms with Gasteiger partial charge in [0.25, 0.3) is 0 Å². The first kappa shape index (κ1) is 7.74. The van der Waals surface area contributed by atoms with Crippen molar-refractivity contribution in [3.8, 4) is 0 Å². The maximum atomic E-state index is 9.72. The first-order valence-electron chi connectivity index (χ1n) is 1.04. The van der Waals surface area contributed by atoms with E-state index in [-0.39, 0.29) is 0 Å². The Balaban J connectivity index is 4.43. The van der Waals surface area contributed by atoms with Crippen LogP contribution in [-0.2, 0) is 11.2 Å². The molecule has 1 atom stereocenters. The van der Waals surface area contributed by atoms with Gasteiger partial charge in [-0.25, -0.2) is 0 Å². The summed E-state index contributed by atoms with van der Waals surface area (Å²) in [7, 11) is -3.28. The molecule has 0 rings (SSSR count). The highest BCUT2D eigenvalue weighted by Crippen LogP contribution is 2.25. The fourth-order valence-electron chi connectivity index (χ4n) is 0. The number of hydrogen-bond acceptors (Lipinski definition) is 4. The number of hydrogen-bond donors (Lipinski definition) is 0. The van der Waals surface area contributed by atoms with E-state index in [0.717, 1.165) is 21.2 Å². The minimum absolute atomic E-state index is 0.843. The van der Waals surface area contributed by atoms with Gasteiger partial charge in [-0.15, -0.1) is 0 Å². The third-order valence-corrected chi connectivity index (χ3v) is 4.50. The smallest absolute Gasteiger partial charge is 0.451 e. The third kappa shape index (κ3) is 3.33. The predicted octanol–water partition coefficient (Wildman–Crippen LogP) is -0.231. The quantitative estimate of drug-likeness (QED) is 0.368. The Morgan fingerprint density at radius 2 is 1.71 bits per heavy atom. The van der Waals surface area contributed by atoms with E-state index >= 15 is 0 Å². The van der Waals surface area contributed by atoms with Crippen molar-refractivity contribution in [3.63, 3.8) is 0 Å². The first-order chi connectivity index (χ1) is 2.94. The Kier molecular flexibility index (Phi) is 2.59. The van der Waals surface area contributed by atoms with E-state index in [1.165, 1.54) is 0 Å². The van der Waals surface area contributed by atoms with Crippen LogP contribution < -0.4 is 4.89 Å². The fraction of sp³-hybridized carbons (Fsp3) is 0. The zero-order chi connectivity index (χ0) is 6.08. The van der Waals surface area contributed by atoms with Crippen LogP contribution in [0.5, 0.6) is 0 Å². The van der Waals surface area contributed by atoms with Gasteiger partial charge in [0.05, 0.1) is 0 Å². The van der Waals surface area contributed by atoms with E-state index in [4.69, 9.17) is 0 Å². The van der Waals surface area contributed by atoms with Crippen molar-refractivity contribution in [3.05, 3.63) is 0 Å². The highest BCUT2D eigenvalue weighted by atomic mass is 127. The molecule has 0 heterocycles. The molecule has 0 aliphatic carbocycles. The zero-order valence-corrected chi connectivity index (χ0v) is 6.73. The van der Waals surface area contributed by atoms with Gasteiger partial charge in [-0.2, -0.15) is 8.42 Å². The summed E-state index contributed by atoms with van der Waals surface area (Å²) >= 11 is 0.843. The second-order valence-corrected chi connectivity index (χ2v) is 9.81. The molecule has 4 nitrogen and oxygen atoms in total. The molecule has 0 fully saturated rings. The molecule has 42 valence electrons. The van der Waals surface area contributed by atoms with Crippen LogP contribution in [0.2, 0.25) is 0 Å². The lowest BCUT2D eigenvalue weighted by Gasteiger charge is -1.74. The largest absolute Gasteiger partial charge is 0.580 e. The van der Waals surface area contributed by atoms with E-state index in [0.29, 0.717) is 0 Å². The topological polar surface area (TPSA) is 74.3 Å². The molecule has 0 spiro atoms. The van der Waals surface area contributed by atoms with Crippen LogP contribution in [0.15, 0.2) is 0 Å². The fourth-order valence-corrected chi connectivity index (χ4v) is 0. The summed E-state index contributed by atoms with van der Waals surface area (Å²) in [4.78, 5) is 9.46. The Hall–Kier alpha value is 0.740. The van der Waals surface area contributed by atoms with Crippen molar-refractivity contribution in [2.24, 2.45) is 0 Å². The van der Waals surface area contributed by atoms with Crippen molar-refractivity contribution >= 4 is 35.1 Å². The Morgan fingerprint density at radius 1 is 1.57 bits per heavy atom. The first-order valence-corrected chi connectivity index (χ1v) is 6.84. The van der Waals surface area contributed by atoms with Gasteiger partial charge in [0.2, 0.25) is 0 Å². The summed E-state index contributed by atoms with van der Waals surface area (Å²) in [6, 6.07) is 0. The summed E-state index contributed by atoms with van der Waals surface area (Å²) in [5.41, 5.74) is 0. The van der Waals surface area contributed by atoms with Gasteiger partial charge >= 0.3 is 13.9 Å². The molecule has 0 aliphatic heterocycles. The van der Waals surface area contributed by atoms with E-state index in [1.54, 1.807) is 0 Å². The summed E-state index contributed by atoms with van der Waals surface area (Å²) in [5.74, 6) is 0. The molecule has 0 aromatic carbocycles. The molecule has 0 aromatic rings. The minimum Gasteiger partial charge on any atom is -0.580 e. The van der Waals surface area contributed by atoms with E-state index in [9.17, 15) is 17.9 Å². The molecule has 0 amide bonds. The Bertz CT molecular complexity index is 166. The van der Waals surface area contributed by atoms with E-state index < -0.39 is 13.9 Å². The second kappa shape index (κ2) is 2.34. The highest BCUT2D eigenvalue weighted by molar-refractivity contribution is 14.2. The van der Waals surface area contributed by atoms with Crippen molar-refractivity contribution in [1.82, 2.24) is 0 Å². The summed E-state index contributed by atoms with van der Waals surface area (Å²) < 4.78 is 28.9. The molecule has 0 aliphatic rings. The molecule has 0 saturated carbocycles. The van der Waals surface area contributed by atoms with E-state index in [1.807, 2.05) is 0 Å². The summed E-state index contributed by atoms with van der Waals surface area (Å²) in [5, 5.41) is 0.